The first-order chi connectivity index (χ1) is 8.13. The average Bonchev–Trinajstić information content (AvgIpc) is 2.81. The summed E-state index contributed by atoms with van der Waals surface area (Å²) in [5.41, 5.74) is 0. The predicted molar refractivity (Wildman–Crippen MR) is 64.5 cm³/mol. The average molecular weight is 242 g/mol. The third-order valence-corrected chi connectivity index (χ3v) is 3.10. The summed E-state index contributed by atoms with van der Waals surface area (Å²) in [7, 11) is 1.36. The van der Waals surface area contributed by atoms with Gasteiger partial charge in [-0.3, -0.25) is 9.59 Å². The van der Waals surface area contributed by atoms with Crippen LogP contribution in [-0.4, -0.2) is 37.6 Å². The number of methoxy groups -OCH3 is 1. The van der Waals surface area contributed by atoms with Crippen molar-refractivity contribution in [2.45, 2.75) is 51.1 Å². The molecule has 1 unspecified atom stereocenters. The minimum atomic E-state index is -0.264. The Hall–Kier alpha value is -1.10. The van der Waals surface area contributed by atoms with Crippen LogP contribution >= 0.6 is 0 Å². The molecule has 1 aliphatic rings. The molecule has 5 heteroatoms. The van der Waals surface area contributed by atoms with Gasteiger partial charge in [0.25, 0.3) is 0 Å². The molecular weight excluding hydrogens is 220 g/mol. The monoisotopic (exact) mass is 242 g/mol. The van der Waals surface area contributed by atoms with Crippen molar-refractivity contribution in [2.24, 2.45) is 0 Å². The molecule has 1 saturated carbocycles. The van der Waals surface area contributed by atoms with E-state index in [2.05, 4.69) is 15.4 Å². The van der Waals surface area contributed by atoms with E-state index in [0.29, 0.717) is 12.6 Å². The highest BCUT2D eigenvalue weighted by Crippen LogP contribution is 2.17. The van der Waals surface area contributed by atoms with Gasteiger partial charge in [-0.05, 0) is 19.8 Å². The Morgan fingerprint density at radius 3 is 2.59 bits per heavy atom. The van der Waals surface area contributed by atoms with E-state index in [-0.39, 0.29) is 24.3 Å². The van der Waals surface area contributed by atoms with Crippen LogP contribution in [0.1, 0.15) is 39.0 Å². The minimum absolute atomic E-state index is 0.0155. The first-order valence-electron chi connectivity index (χ1n) is 6.24. The Labute approximate surface area is 102 Å². The van der Waals surface area contributed by atoms with Crippen molar-refractivity contribution in [3.8, 4) is 0 Å². The number of carbonyl (C=O) groups excluding carboxylic acids is 2. The van der Waals surface area contributed by atoms with Gasteiger partial charge in [0.2, 0.25) is 5.91 Å². The van der Waals surface area contributed by atoms with Crippen LogP contribution in [0.15, 0.2) is 0 Å². The lowest BCUT2D eigenvalue weighted by Gasteiger charge is -2.17. The number of hydrogen-bond donors (Lipinski definition) is 2. The van der Waals surface area contributed by atoms with Crippen LogP contribution in [0.3, 0.4) is 0 Å². The normalized spacial score (nSPS) is 17.8. The highest BCUT2D eigenvalue weighted by atomic mass is 16.5. The number of esters is 1. The second-order valence-electron chi connectivity index (χ2n) is 4.49. The highest BCUT2D eigenvalue weighted by Gasteiger charge is 2.20. The SMILES string of the molecule is COC(=O)CCNC(C)C(=O)NC1CCCC1. The zero-order chi connectivity index (χ0) is 12.7. The Bertz CT molecular complexity index is 262. The number of amides is 1. The number of rotatable bonds is 6. The molecule has 0 spiro atoms. The number of carbonyl (C=O) groups is 2. The van der Waals surface area contributed by atoms with Gasteiger partial charge in [0.05, 0.1) is 19.6 Å². The molecule has 2 N–H and O–H groups in total. The molecule has 0 heterocycles. The van der Waals surface area contributed by atoms with Crippen LogP contribution in [0.2, 0.25) is 0 Å². The zero-order valence-electron chi connectivity index (χ0n) is 10.6. The van der Waals surface area contributed by atoms with Crippen LogP contribution in [-0.2, 0) is 14.3 Å². The second kappa shape index (κ2) is 7.27. The Morgan fingerprint density at radius 1 is 1.35 bits per heavy atom. The summed E-state index contributed by atoms with van der Waals surface area (Å²) in [4.78, 5) is 22.6. The van der Waals surface area contributed by atoms with Crippen LogP contribution in [0.5, 0.6) is 0 Å². The number of hydrogen-bond acceptors (Lipinski definition) is 4. The maximum absolute atomic E-state index is 11.8. The van der Waals surface area contributed by atoms with Gasteiger partial charge in [0.1, 0.15) is 0 Å². The van der Waals surface area contributed by atoms with E-state index in [0.717, 1.165) is 12.8 Å². The molecule has 98 valence electrons. The maximum Gasteiger partial charge on any atom is 0.306 e. The Balaban J connectivity index is 2.15. The Kier molecular flexibility index (Phi) is 5.97. The van der Waals surface area contributed by atoms with E-state index < -0.39 is 0 Å². The van der Waals surface area contributed by atoms with Crippen molar-refractivity contribution in [3.05, 3.63) is 0 Å². The van der Waals surface area contributed by atoms with Gasteiger partial charge in [-0.1, -0.05) is 12.8 Å². The summed E-state index contributed by atoms with van der Waals surface area (Å²) < 4.78 is 4.52. The van der Waals surface area contributed by atoms with E-state index in [1.807, 2.05) is 6.92 Å². The zero-order valence-corrected chi connectivity index (χ0v) is 10.6. The largest absolute Gasteiger partial charge is 0.469 e. The predicted octanol–water partition coefficient (Wildman–Crippen LogP) is 0.586. The molecule has 1 amide bonds. The Morgan fingerprint density at radius 2 is 2.00 bits per heavy atom. The van der Waals surface area contributed by atoms with Crippen molar-refractivity contribution >= 4 is 11.9 Å². The molecule has 17 heavy (non-hydrogen) atoms. The minimum Gasteiger partial charge on any atom is -0.469 e. The second-order valence-corrected chi connectivity index (χ2v) is 4.49. The number of nitrogens with one attached hydrogen (secondary N) is 2. The van der Waals surface area contributed by atoms with E-state index >= 15 is 0 Å². The third kappa shape index (κ3) is 5.17. The molecule has 0 aromatic carbocycles. The molecule has 0 saturated heterocycles. The quantitative estimate of drug-likeness (QED) is 0.669. The van der Waals surface area contributed by atoms with Crippen molar-refractivity contribution < 1.29 is 14.3 Å². The molecule has 1 rings (SSSR count). The topological polar surface area (TPSA) is 67.4 Å². The summed E-state index contributed by atoms with van der Waals surface area (Å²) in [5, 5.41) is 6.02. The van der Waals surface area contributed by atoms with Gasteiger partial charge in [-0.15, -0.1) is 0 Å². The van der Waals surface area contributed by atoms with Gasteiger partial charge in [0, 0.05) is 12.6 Å². The van der Waals surface area contributed by atoms with Crippen LogP contribution < -0.4 is 10.6 Å². The van der Waals surface area contributed by atoms with E-state index in [4.69, 9.17) is 0 Å². The van der Waals surface area contributed by atoms with Gasteiger partial charge < -0.3 is 15.4 Å². The summed E-state index contributed by atoms with van der Waals surface area (Å²) in [6.45, 7) is 2.27. The van der Waals surface area contributed by atoms with Crippen LogP contribution in [0, 0.1) is 0 Å². The van der Waals surface area contributed by atoms with Crippen molar-refractivity contribution in [3.63, 3.8) is 0 Å². The summed E-state index contributed by atoms with van der Waals surface area (Å²) in [6.07, 6.45) is 4.86. The van der Waals surface area contributed by atoms with E-state index in [1.165, 1.54) is 20.0 Å². The van der Waals surface area contributed by atoms with Gasteiger partial charge in [0.15, 0.2) is 0 Å². The van der Waals surface area contributed by atoms with Crippen LogP contribution in [0.4, 0.5) is 0 Å². The molecule has 0 bridgehead atoms. The first-order valence-corrected chi connectivity index (χ1v) is 6.24. The molecule has 0 aromatic rings. The fourth-order valence-corrected chi connectivity index (χ4v) is 1.98. The lowest BCUT2D eigenvalue weighted by atomic mass is 10.2. The standard InChI is InChI=1S/C12H22N2O3/c1-9(13-8-7-11(15)17-2)12(16)14-10-5-3-4-6-10/h9-10,13H,3-8H2,1-2H3,(H,14,16). The molecule has 0 aromatic heterocycles. The molecule has 0 radical (unpaired) electrons. The van der Waals surface area contributed by atoms with Gasteiger partial charge in [-0.2, -0.15) is 0 Å². The smallest absolute Gasteiger partial charge is 0.306 e. The van der Waals surface area contributed by atoms with Crippen LogP contribution in [0.25, 0.3) is 0 Å². The molecule has 5 nitrogen and oxygen atoms in total. The highest BCUT2D eigenvalue weighted by molar-refractivity contribution is 5.81. The maximum atomic E-state index is 11.8. The summed E-state index contributed by atoms with van der Waals surface area (Å²) in [5.74, 6) is -0.248. The summed E-state index contributed by atoms with van der Waals surface area (Å²) >= 11 is 0. The first kappa shape index (κ1) is 14.0. The molecule has 1 fully saturated rings. The molecule has 1 aliphatic carbocycles. The van der Waals surface area contributed by atoms with Crippen molar-refractivity contribution in [1.82, 2.24) is 10.6 Å². The third-order valence-electron chi connectivity index (χ3n) is 3.10. The fraction of sp³-hybridized carbons (Fsp3) is 0.833. The molecule has 0 aliphatic heterocycles. The molecular formula is C12H22N2O3. The fourth-order valence-electron chi connectivity index (χ4n) is 1.98. The van der Waals surface area contributed by atoms with E-state index in [9.17, 15) is 9.59 Å². The van der Waals surface area contributed by atoms with Crippen molar-refractivity contribution in [2.75, 3.05) is 13.7 Å². The molecule has 1 atom stereocenters. The van der Waals surface area contributed by atoms with Crippen molar-refractivity contribution in [1.29, 1.82) is 0 Å². The lowest BCUT2D eigenvalue weighted by Crippen LogP contribution is -2.46. The lowest BCUT2D eigenvalue weighted by molar-refractivity contribution is -0.140. The summed E-state index contributed by atoms with van der Waals surface area (Å²) in [6, 6.07) is 0.0765. The number of ether oxygens (including phenoxy) is 1. The van der Waals surface area contributed by atoms with Gasteiger partial charge >= 0.3 is 5.97 Å². The van der Waals surface area contributed by atoms with Gasteiger partial charge in [-0.25, -0.2) is 0 Å². The van der Waals surface area contributed by atoms with E-state index in [1.54, 1.807) is 0 Å².